The van der Waals surface area contributed by atoms with Crippen molar-refractivity contribution in [3.63, 3.8) is 0 Å². The second-order valence-electron chi connectivity index (χ2n) is 0.283. The molecule has 0 aliphatic carbocycles. The van der Waals surface area contributed by atoms with Crippen molar-refractivity contribution in [1.29, 1.82) is 0 Å². The first-order valence-electron chi connectivity index (χ1n) is 0.651. The van der Waals surface area contributed by atoms with Gasteiger partial charge in [-0.3, -0.25) is 4.46 Å². The van der Waals surface area contributed by atoms with Gasteiger partial charge in [0.15, 0.2) is 17.4 Å². The van der Waals surface area contributed by atoms with Crippen molar-refractivity contribution in [2.24, 2.45) is 0 Å². The second-order valence-corrected chi connectivity index (χ2v) is 0.848. The van der Waals surface area contributed by atoms with Gasteiger partial charge in [-0.15, -0.1) is 0 Å². The summed E-state index contributed by atoms with van der Waals surface area (Å²) in [7, 11) is -3.13. The van der Waals surface area contributed by atoms with Gasteiger partial charge in [-0.05, 0) is 0 Å². The van der Waals surface area contributed by atoms with E-state index in [0.717, 1.165) is 0 Å². The largest absolute Gasteiger partial charge is 2.00 e. The molecule has 8 heavy (non-hydrogen) atoms. The van der Waals surface area contributed by atoms with E-state index in [2.05, 4.69) is 0 Å². The Bertz CT molecular complexity index is 50.0. The third kappa shape index (κ3) is 65.2. The summed E-state index contributed by atoms with van der Waals surface area (Å²) >= 11 is 0. The number of hydrogen-bond acceptors (Lipinski definition) is 1. The molecule has 4 N–H and O–H groups in total. The van der Waals surface area contributed by atoms with Crippen molar-refractivity contribution in [2.45, 2.75) is 0 Å². The fourth-order valence-corrected chi connectivity index (χ4v) is 0. The maximum atomic E-state index is 8.74. The Morgan fingerprint density at radius 2 is 1.38 bits per heavy atom. The van der Waals surface area contributed by atoms with E-state index in [0.29, 0.717) is 0 Å². The van der Waals surface area contributed by atoms with Gasteiger partial charge in [-0.25, -0.2) is 0 Å². The van der Waals surface area contributed by atoms with Gasteiger partial charge < -0.3 is 20.8 Å². The van der Waals surface area contributed by atoms with E-state index in [9.17, 15) is 0 Å². The quantitative estimate of drug-likeness (QED) is 0.448. The predicted octanol–water partition coefficient (Wildman–Crippen LogP) is -3.93. The predicted molar refractivity (Wildman–Crippen MR) is 40.4 cm³/mol. The van der Waals surface area contributed by atoms with Gasteiger partial charge in [0.05, 0.1) is 0 Å². The first kappa shape index (κ1) is 30.6. The SMILES string of the molecule is O.O=[Si](O)O.[AlH3].[Ba+2].[Ca+2].[H-].[H-].[H-].[H-]. The minimum absolute atomic E-state index is 0. The topological polar surface area (TPSA) is 89.0 Å². The van der Waals surface area contributed by atoms with Crippen LogP contribution in [0.5, 0.6) is 0 Å². The summed E-state index contributed by atoms with van der Waals surface area (Å²) in [6.45, 7) is 0. The Labute approximate surface area is 135 Å². The molecule has 0 radical (unpaired) electrons. The van der Waals surface area contributed by atoms with Gasteiger partial charge in [0.1, 0.15) is 0 Å². The van der Waals surface area contributed by atoms with Crippen LogP contribution in [0, 0.1) is 0 Å². The maximum absolute atomic E-state index is 8.74. The zero-order valence-electron chi connectivity index (χ0n) is 7.72. The van der Waals surface area contributed by atoms with Crippen LogP contribution in [0.15, 0.2) is 0 Å². The van der Waals surface area contributed by atoms with Crippen LogP contribution in [0.3, 0.4) is 0 Å². The summed E-state index contributed by atoms with van der Waals surface area (Å²) in [5.41, 5.74) is 0. The average molecular weight is 308 g/mol. The Morgan fingerprint density at radius 1 is 1.38 bits per heavy atom. The summed E-state index contributed by atoms with van der Waals surface area (Å²) in [5.74, 6) is 0. The van der Waals surface area contributed by atoms with Gasteiger partial charge in [0.25, 0.3) is 0 Å². The summed E-state index contributed by atoms with van der Waals surface area (Å²) < 4.78 is 8.74. The van der Waals surface area contributed by atoms with Crippen molar-refractivity contribution in [1.82, 2.24) is 0 Å². The minimum Gasteiger partial charge on any atom is -1.00 e. The van der Waals surface area contributed by atoms with Gasteiger partial charge in [-0.2, -0.15) is 0 Å². The van der Waals surface area contributed by atoms with Crippen molar-refractivity contribution in [3.8, 4) is 0 Å². The standard InChI is InChI=1S/Al.Ba.Ca.H2O3Si.H2O.7H/c;;;1-4(2)3;;;;;;;;/h;;;1-2H;1H2;;;;;;;/q;2*+2;;;;;;4*-1. The van der Waals surface area contributed by atoms with E-state index in [1.165, 1.54) is 0 Å². The molecule has 0 atom stereocenters. The molecular weight excluding hydrogens is 296 g/mol. The Kier molecular flexibility index (Phi) is 86.2. The molecule has 0 saturated carbocycles. The smallest absolute Gasteiger partial charge is 1.00 e. The fraction of sp³-hybridized carbons (Fsp3) is 0. The first-order chi connectivity index (χ1) is 1.73. The molecular formula is H11AlBaCaO4Si. The van der Waals surface area contributed by atoms with E-state index < -0.39 is 9.17 Å². The molecule has 0 aromatic heterocycles. The average Bonchev–Trinajstić information content (AvgIpc) is 0.811. The third-order valence-electron chi connectivity index (χ3n) is 0. The van der Waals surface area contributed by atoms with Crippen LogP contribution in [0.2, 0.25) is 0 Å². The van der Waals surface area contributed by atoms with Crippen molar-refractivity contribution in [3.05, 3.63) is 0 Å². The van der Waals surface area contributed by atoms with E-state index in [4.69, 9.17) is 14.1 Å². The molecule has 0 aliphatic rings. The Balaban J connectivity index is -0.00000000161. The van der Waals surface area contributed by atoms with Gasteiger partial charge in [0.2, 0.25) is 0 Å². The van der Waals surface area contributed by atoms with Crippen LogP contribution in [-0.2, 0) is 4.46 Å². The minimum atomic E-state index is -3.13. The van der Waals surface area contributed by atoms with E-state index >= 15 is 0 Å². The zero-order valence-corrected chi connectivity index (χ0v) is 11.4. The second kappa shape index (κ2) is 22.5. The molecule has 0 unspecified atom stereocenters. The third-order valence-corrected chi connectivity index (χ3v) is 0. The van der Waals surface area contributed by atoms with Crippen molar-refractivity contribution in [2.75, 3.05) is 0 Å². The summed E-state index contributed by atoms with van der Waals surface area (Å²) in [5, 5.41) is 0. The summed E-state index contributed by atoms with van der Waals surface area (Å²) in [4.78, 5) is 14.3. The molecule has 0 rings (SSSR count). The number of hydrogen-bond donors (Lipinski definition) is 2. The van der Waals surface area contributed by atoms with Gasteiger partial charge in [-0.1, -0.05) is 0 Å². The molecule has 46 valence electrons. The normalized spacial score (nSPS) is 3.00. The van der Waals surface area contributed by atoms with E-state index in [1.54, 1.807) is 0 Å². The van der Waals surface area contributed by atoms with Crippen LogP contribution < -0.4 is 0 Å². The molecule has 0 aromatic carbocycles. The zero-order chi connectivity index (χ0) is 3.58. The van der Waals surface area contributed by atoms with E-state index in [-0.39, 0.29) is 115 Å². The van der Waals surface area contributed by atoms with Crippen LogP contribution in [0.1, 0.15) is 5.71 Å². The molecule has 0 aromatic rings. The van der Waals surface area contributed by atoms with Crippen molar-refractivity contribution >= 4 is 113 Å². The van der Waals surface area contributed by atoms with Crippen LogP contribution in [0.25, 0.3) is 0 Å². The summed E-state index contributed by atoms with van der Waals surface area (Å²) in [6, 6.07) is 0. The molecule has 0 fully saturated rings. The molecule has 0 spiro atoms. The molecule has 4 nitrogen and oxygen atoms in total. The molecule has 0 bridgehead atoms. The Morgan fingerprint density at radius 3 is 1.38 bits per heavy atom. The van der Waals surface area contributed by atoms with Crippen molar-refractivity contribution < 1.29 is 25.2 Å². The Hall–Kier alpha value is 2.94. The fourth-order valence-electron chi connectivity index (χ4n) is 0. The summed E-state index contributed by atoms with van der Waals surface area (Å²) in [6.07, 6.45) is 0. The van der Waals surface area contributed by atoms with Gasteiger partial charge >= 0.3 is 95.8 Å². The van der Waals surface area contributed by atoms with Gasteiger partial charge in [0, 0.05) is 0 Å². The van der Waals surface area contributed by atoms with Crippen LogP contribution >= 0.6 is 0 Å². The molecule has 0 amide bonds. The van der Waals surface area contributed by atoms with Crippen LogP contribution in [-0.4, -0.2) is 128 Å². The van der Waals surface area contributed by atoms with Crippen LogP contribution in [0.4, 0.5) is 0 Å². The molecule has 8 heteroatoms. The monoisotopic (exact) mass is 308 g/mol. The van der Waals surface area contributed by atoms with E-state index in [1.807, 2.05) is 0 Å². The molecule has 0 saturated heterocycles. The number of rotatable bonds is 0. The molecule has 0 heterocycles. The molecule has 0 aliphatic heterocycles. The maximum Gasteiger partial charge on any atom is 2.00 e. The first-order valence-corrected chi connectivity index (χ1v) is 1.95.